The molecule has 0 unspecified atom stereocenters. The van der Waals surface area contributed by atoms with E-state index >= 15 is 0 Å². The minimum atomic E-state index is -0.736. The zero-order chi connectivity index (χ0) is 17.0. The van der Waals surface area contributed by atoms with Crippen molar-refractivity contribution in [2.24, 2.45) is 5.10 Å². The first kappa shape index (κ1) is 16.7. The minimum absolute atomic E-state index is 0.0157. The highest BCUT2D eigenvalue weighted by Gasteiger charge is 2.19. The quantitative estimate of drug-likeness (QED) is 0.489. The van der Waals surface area contributed by atoms with Crippen molar-refractivity contribution in [3.63, 3.8) is 0 Å². The van der Waals surface area contributed by atoms with Crippen LogP contribution in [0.15, 0.2) is 41.5 Å². The van der Waals surface area contributed by atoms with Crippen LogP contribution in [0.1, 0.15) is 5.56 Å². The van der Waals surface area contributed by atoms with Gasteiger partial charge in [-0.25, -0.2) is 0 Å². The number of nitro groups is 2. The Morgan fingerprint density at radius 1 is 1.04 bits per heavy atom. The molecule has 0 spiro atoms. The largest absolute Gasteiger partial charge is 0.301 e. The summed E-state index contributed by atoms with van der Waals surface area (Å²) < 4.78 is 0. The number of hydrogen-bond acceptors (Lipinski definition) is 6. The molecule has 10 heteroatoms. The van der Waals surface area contributed by atoms with Gasteiger partial charge >= 0.3 is 5.69 Å². The summed E-state index contributed by atoms with van der Waals surface area (Å²) in [6.07, 6.45) is 1.35. The monoisotopic (exact) mass is 354 g/mol. The minimum Gasteiger partial charge on any atom is -0.272 e. The zero-order valence-corrected chi connectivity index (χ0v) is 12.8. The molecule has 0 radical (unpaired) electrons. The lowest BCUT2D eigenvalue weighted by atomic mass is 10.2. The molecule has 0 aliphatic rings. The lowest BCUT2D eigenvalue weighted by Crippen LogP contribution is -1.98. The van der Waals surface area contributed by atoms with Crippen LogP contribution in [0.3, 0.4) is 0 Å². The molecule has 0 aliphatic heterocycles. The molecular formula is C13H8Cl2N4O4. The summed E-state index contributed by atoms with van der Waals surface area (Å²) in [5.74, 6) is 0. The second-order valence-corrected chi connectivity index (χ2v) is 5.10. The van der Waals surface area contributed by atoms with Crippen LogP contribution in [0.2, 0.25) is 10.0 Å². The van der Waals surface area contributed by atoms with Crippen molar-refractivity contribution in [2.45, 2.75) is 0 Å². The van der Waals surface area contributed by atoms with E-state index in [0.29, 0.717) is 15.6 Å². The van der Waals surface area contributed by atoms with Crippen molar-refractivity contribution in [3.05, 3.63) is 72.2 Å². The summed E-state index contributed by atoms with van der Waals surface area (Å²) in [4.78, 5) is 20.2. The number of anilines is 1. The van der Waals surface area contributed by atoms with Crippen molar-refractivity contribution >= 4 is 46.5 Å². The number of non-ortho nitro benzene ring substituents is 1. The van der Waals surface area contributed by atoms with E-state index in [-0.39, 0.29) is 11.4 Å². The number of hydrazone groups is 1. The van der Waals surface area contributed by atoms with Gasteiger partial charge in [0.15, 0.2) is 0 Å². The van der Waals surface area contributed by atoms with E-state index in [2.05, 4.69) is 10.5 Å². The van der Waals surface area contributed by atoms with Crippen LogP contribution in [0.5, 0.6) is 0 Å². The smallest absolute Gasteiger partial charge is 0.272 e. The standard InChI is InChI=1S/C13H8Cl2N4O4/c14-9-2-1-8(11(15)5-9)7-16-17-12-4-3-10(18(20)21)6-13(12)19(22)23/h1-7,17H/b16-7+. The third kappa shape index (κ3) is 4.15. The van der Waals surface area contributed by atoms with Crippen molar-refractivity contribution in [2.75, 3.05) is 5.43 Å². The van der Waals surface area contributed by atoms with Crippen molar-refractivity contribution in [3.8, 4) is 0 Å². The number of benzene rings is 2. The van der Waals surface area contributed by atoms with Gasteiger partial charge in [0.1, 0.15) is 5.69 Å². The first-order chi connectivity index (χ1) is 10.9. The molecule has 1 N–H and O–H groups in total. The Labute approximate surface area is 139 Å². The number of rotatable bonds is 5. The SMILES string of the molecule is O=[N+]([O-])c1ccc(N/N=C/c2ccc(Cl)cc2Cl)c([N+](=O)[O-])c1. The number of hydrogen-bond donors (Lipinski definition) is 1. The number of halogens is 2. The van der Waals surface area contributed by atoms with E-state index in [9.17, 15) is 20.2 Å². The Hall–Kier alpha value is -2.71. The van der Waals surface area contributed by atoms with Gasteiger partial charge in [0.25, 0.3) is 5.69 Å². The summed E-state index contributed by atoms with van der Waals surface area (Å²) in [5.41, 5.74) is 2.19. The van der Waals surface area contributed by atoms with Gasteiger partial charge < -0.3 is 0 Å². The molecule has 0 fully saturated rings. The molecule has 2 rings (SSSR count). The summed E-state index contributed by atoms with van der Waals surface area (Å²) in [6.45, 7) is 0. The van der Waals surface area contributed by atoms with Gasteiger partial charge in [0, 0.05) is 16.7 Å². The summed E-state index contributed by atoms with van der Waals surface area (Å²) in [5, 5.41) is 26.3. The molecule has 118 valence electrons. The fourth-order valence-electron chi connectivity index (χ4n) is 1.66. The number of nitrogens with zero attached hydrogens (tertiary/aromatic N) is 3. The second kappa shape index (κ2) is 7.03. The molecule has 2 aromatic rings. The maximum Gasteiger partial charge on any atom is 0.301 e. The molecule has 0 amide bonds. The van der Waals surface area contributed by atoms with Crippen LogP contribution in [0.25, 0.3) is 0 Å². The predicted octanol–water partition coefficient (Wildman–Crippen LogP) is 4.26. The molecule has 0 aliphatic carbocycles. The molecule has 0 bridgehead atoms. The predicted molar refractivity (Wildman–Crippen MR) is 87.4 cm³/mol. The van der Waals surface area contributed by atoms with E-state index < -0.39 is 15.5 Å². The van der Waals surface area contributed by atoms with Gasteiger partial charge in [0.2, 0.25) is 0 Å². The third-order valence-corrected chi connectivity index (χ3v) is 3.30. The first-order valence-electron chi connectivity index (χ1n) is 6.05. The molecule has 0 saturated carbocycles. The lowest BCUT2D eigenvalue weighted by Gasteiger charge is -2.02. The van der Waals surface area contributed by atoms with Gasteiger partial charge in [-0.05, 0) is 18.2 Å². The molecule has 23 heavy (non-hydrogen) atoms. The van der Waals surface area contributed by atoms with E-state index in [1.165, 1.54) is 18.3 Å². The fraction of sp³-hybridized carbons (Fsp3) is 0. The van der Waals surface area contributed by atoms with Crippen LogP contribution < -0.4 is 5.43 Å². The highest BCUT2D eigenvalue weighted by molar-refractivity contribution is 6.36. The Morgan fingerprint density at radius 2 is 1.78 bits per heavy atom. The Morgan fingerprint density at radius 3 is 2.39 bits per heavy atom. The Balaban J connectivity index is 2.24. The Kier molecular flexibility index (Phi) is 5.09. The van der Waals surface area contributed by atoms with Gasteiger partial charge in [-0.15, -0.1) is 0 Å². The van der Waals surface area contributed by atoms with Gasteiger partial charge in [-0.2, -0.15) is 5.10 Å². The molecule has 0 atom stereocenters. The van der Waals surface area contributed by atoms with Crippen LogP contribution in [-0.2, 0) is 0 Å². The molecule has 0 aromatic heterocycles. The van der Waals surface area contributed by atoms with Crippen LogP contribution in [0.4, 0.5) is 17.1 Å². The first-order valence-corrected chi connectivity index (χ1v) is 6.81. The normalized spacial score (nSPS) is 10.7. The van der Waals surface area contributed by atoms with Crippen LogP contribution in [-0.4, -0.2) is 16.1 Å². The van der Waals surface area contributed by atoms with E-state index in [1.807, 2.05) is 0 Å². The average Bonchev–Trinajstić information content (AvgIpc) is 2.49. The van der Waals surface area contributed by atoms with Gasteiger partial charge in [0.05, 0.1) is 27.2 Å². The fourth-order valence-corrected chi connectivity index (χ4v) is 2.11. The molecule has 8 nitrogen and oxygen atoms in total. The molecule has 2 aromatic carbocycles. The average molecular weight is 355 g/mol. The topological polar surface area (TPSA) is 111 Å². The lowest BCUT2D eigenvalue weighted by molar-refractivity contribution is -0.393. The zero-order valence-electron chi connectivity index (χ0n) is 11.3. The van der Waals surface area contributed by atoms with Crippen molar-refractivity contribution < 1.29 is 9.85 Å². The van der Waals surface area contributed by atoms with E-state index in [0.717, 1.165) is 12.1 Å². The number of nitro benzene ring substituents is 2. The molecular weight excluding hydrogens is 347 g/mol. The van der Waals surface area contributed by atoms with Gasteiger partial charge in [-0.1, -0.05) is 29.3 Å². The van der Waals surface area contributed by atoms with E-state index in [1.54, 1.807) is 12.1 Å². The number of nitrogens with one attached hydrogen (secondary N) is 1. The van der Waals surface area contributed by atoms with Crippen LogP contribution >= 0.6 is 23.2 Å². The van der Waals surface area contributed by atoms with E-state index in [4.69, 9.17) is 23.2 Å². The Bertz CT molecular complexity index is 811. The highest BCUT2D eigenvalue weighted by Crippen LogP contribution is 2.29. The summed E-state index contributed by atoms with van der Waals surface area (Å²) >= 11 is 11.7. The summed E-state index contributed by atoms with van der Waals surface area (Å²) in [6, 6.07) is 7.96. The second-order valence-electron chi connectivity index (χ2n) is 4.25. The van der Waals surface area contributed by atoms with Crippen molar-refractivity contribution in [1.82, 2.24) is 0 Å². The van der Waals surface area contributed by atoms with Gasteiger partial charge in [-0.3, -0.25) is 25.7 Å². The maximum absolute atomic E-state index is 11.0. The van der Waals surface area contributed by atoms with Crippen LogP contribution in [0, 0.1) is 20.2 Å². The summed E-state index contributed by atoms with van der Waals surface area (Å²) in [7, 11) is 0. The maximum atomic E-state index is 11.0. The third-order valence-electron chi connectivity index (χ3n) is 2.74. The van der Waals surface area contributed by atoms with Crippen molar-refractivity contribution in [1.29, 1.82) is 0 Å². The molecule has 0 saturated heterocycles. The highest BCUT2D eigenvalue weighted by atomic mass is 35.5. The molecule has 0 heterocycles.